The van der Waals surface area contributed by atoms with Gasteiger partial charge in [0.05, 0.1) is 18.8 Å². The van der Waals surface area contributed by atoms with Crippen LogP contribution < -0.4 is 4.74 Å². The lowest BCUT2D eigenvalue weighted by Crippen LogP contribution is -2.46. The molecule has 2 heterocycles. The number of ether oxygens (including phenoxy) is 2. The second kappa shape index (κ2) is 10.3. The summed E-state index contributed by atoms with van der Waals surface area (Å²) in [6.45, 7) is 4.54. The molecule has 2 fully saturated rings. The second-order valence-electron chi connectivity index (χ2n) is 9.86. The third-order valence-electron chi connectivity index (χ3n) is 7.75. The lowest BCUT2D eigenvalue weighted by Gasteiger charge is -2.38. The van der Waals surface area contributed by atoms with Gasteiger partial charge < -0.3 is 14.4 Å². The highest BCUT2D eigenvalue weighted by Gasteiger charge is 2.32. The van der Waals surface area contributed by atoms with E-state index in [1.807, 2.05) is 29.2 Å². The number of methoxy groups -OCH3 is 1. The fourth-order valence-electron chi connectivity index (χ4n) is 5.87. The molecule has 33 heavy (non-hydrogen) atoms. The maximum absolute atomic E-state index is 13.6. The lowest BCUT2D eigenvalue weighted by molar-refractivity contribution is 0.0428. The van der Waals surface area contributed by atoms with E-state index < -0.39 is 0 Å². The molecule has 1 aliphatic carbocycles. The van der Waals surface area contributed by atoms with Crippen LogP contribution in [0.5, 0.6) is 5.75 Å². The van der Waals surface area contributed by atoms with Crippen LogP contribution in [0.25, 0.3) is 0 Å². The Kier molecular flexibility index (Phi) is 6.98. The van der Waals surface area contributed by atoms with Gasteiger partial charge in [-0.15, -0.1) is 0 Å². The molecule has 0 spiro atoms. The van der Waals surface area contributed by atoms with Crippen molar-refractivity contribution in [1.29, 1.82) is 0 Å². The summed E-state index contributed by atoms with van der Waals surface area (Å²) in [7, 11) is 1.63. The number of benzene rings is 2. The number of rotatable bonds is 7. The first-order valence-electron chi connectivity index (χ1n) is 12.6. The summed E-state index contributed by atoms with van der Waals surface area (Å²) in [4.78, 5) is 18.3. The highest BCUT2D eigenvalue weighted by molar-refractivity contribution is 5.97. The number of hydrogen-bond donors (Lipinski definition) is 0. The first-order chi connectivity index (χ1) is 16.2. The van der Waals surface area contributed by atoms with Gasteiger partial charge in [0, 0.05) is 25.7 Å². The highest BCUT2D eigenvalue weighted by Crippen LogP contribution is 2.30. The summed E-state index contributed by atoms with van der Waals surface area (Å²) in [6, 6.07) is 17.1. The van der Waals surface area contributed by atoms with Crippen LogP contribution >= 0.6 is 0 Å². The number of carbonyl (C=O) groups excluding carboxylic acids is 1. The molecular formula is C28H36N2O3. The lowest BCUT2D eigenvalue weighted by atomic mass is 9.94. The standard InChI is InChI=1S/C28H36N2O3/c1-32-27-11-5-4-10-26(27)28(31)30(20-25-9-6-16-33-25)19-21-12-14-29(15-13-21)24-17-22-7-2-3-8-23(22)18-24/h2-5,7-8,10-11,21,24-25H,6,9,12-20H2,1H3/t25-/m0/s1. The maximum atomic E-state index is 13.6. The number of amides is 1. The van der Waals surface area contributed by atoms with Crippen molar-refractivity contribution in [3.05, 3.63) is 65.2 Å². The zero-order valence-corrected chi connectivity index (χ0v) is 19.7. The van der Waals surface area contributed by atoms with Crippen molar-refractivity contribution < 1.29 is 14.3 Å². The van der Waals surface area contributed by atoms with E-state index in [0.29, 0.717) is 29.8 Å². The summed E-state index contributed by atoms with van der Waals surface area (Å²) in [5.41, 5.74) is 3.70. The van der Waals surface area contributed by atoms with E-state index in [1.165, 1.54) is 24.0 Å². The van der Waals surface area contributed by atoms with Crippen LogP contribution in [0.15, 0.2) is 48.5 Å². The largest absolute Gasteiger partial charge is 0.496 e. The van der Waals surface area contributed by atoms with E-state index in [2.05, 4.69) is 29.2 Å². The van der Waals surface area contributed by atoms with E-state index in [0.717, 1.165) is 51.9 Å². The van der Waals surface area contributed by atoms with Gasteiger partial charge in [-0.25, -0.2) is 0 Å². The van der Waals surface area contributed by atoms with Crippen LogP contribution in [0.1, 0.15) is 47.2 Å². The third kappa shape index (κ3) is 5.10. The van der Waals surface area contributed by atoms with Crippen molar-refractivity contribution in [3.63, 3.8) is 0 Å². The van der Waals surface area contributed by atoms with Crippen LogP contribution in [0.4, 0.5) is 0 Å². The molecule has 1 amide bonds. The fourth-order valence-corrected chi connectivity index (χ4v) is 5.87. The average molecular weight is 449 g/mol. The number of carbonyl (C=O) groups is 1. The minimum atomic E-state index is 0.0663. The molecular weight excluding hydrogens is 412 g/mol. The maximum Gasteiger partial charge on any atom is 0.257 e. The Balaban J connectivity index is 1.22. The zero-order valence-electron chi connectivity index (χ0n) is 19.7. The molecule has 0 radical (unpaired) electrons. The van der Waals surface area contributed by atoms with Crippen LogP contribution in [0.2, 0.25) is 0 Å². The summed E-state index contributed by atoms with van der Waals surface area (Å²) >= 11 is 0. The molecule has 0 saturated carbocycles. The summed E-state index contributed by atoms with van der Waals surface area (Å²) in [5, 5.41) is 0. The summed E-state index contributed by atoms with van der Waals surface area (Å²) < 4.78 is 11.4. The number of fused-ring (bicyclic) bond motifs is 1. The van der Waals surface area contributed by atoms with Gasteiger partial charge in [-0.3, -0.25) is 9.69 Å². The zero-order chi connectivity index (χ0) is 22.6. The molecule has 0 aromatic heterocycles. The van der Waals surface area contributed by atoms with Crippen LogP contribution in [-0.2, 0) is 17.6 Å². The second-order valence-corrected chi connectivity index (χ2v) is 9.86. The Labute approximate surface area is 197 Å². The third-order valence-corrected chi connectivity index (χ3v) is 7.75. The van der Waals surface area contributed by atoms with Crippen LogP contribution in [0, 0.1) is 5.92 Å². The number of nitrogens with zero attached hydrogens (tertiary/aromatic N) is 2. The normalized spacial score (nSPS) is 21.8. The molecule has 2 aromatic rings. The SMILES string of the molecule is COc1ccccc1C(=O)N(CC1CCN(C2Cc3ccccc3C2)CC1)C[C@@H]1CCCO1. The van der Waals surface area contributed by atoms with Gasteiger partial charge in [0.1, 0.15) is 5.75 Å². The molecule has 1 atom stereocenters. The highest BCUT2D eigenvalue weighted by atomic mass is 16.5. The van der Waals surface area contributed by atoms with Gasteiger partial charge in [0.2, 0.25) is 0 Å². The Morgan fingerprint density at radius 1 is 1.00 bits per heavy atom. The summed E-state index contributed by atoms with van der Waals surface area (Å²) in [5.74, 6) is 1.25. The first kappa shape index (κ1) is 22.4. The van der Waals surface area contributed by atoms with Gasteiger partial charge >= 0.3 is 0 Å². The Morgan fingerprint density at radius 2 is 1.70 bits per heavy atom. The van der Waals surface area contributed by atoms with Crippen molar-refractivity contribution in [2.75, 3.05) is 39.9 Å². The number of hydrogen-bond acceptors (Lipinski definition) is 4. The van der Waals surface area contributed by atoms with E-state index in [-0.39, 0.29) is 12.0 Å². The van der Waals surface area contributed by atoms with E-state index in [4.69, 9.17) is 9.47 Å². The molecule has 5 nitrogen and oxygen atoms in total. The average Bonchev–Trinajstić information content (AvgIpc) is 3.53. The molecule has 2 aromatic carbocycles. The molecule has 176 valence electrons. The van der Waals surface area contributed by atoms with E-state index in [1.54, 1.807) is 7.11 Å². The molecule has 2 aliphatic heterocycles. The van der Waals surface area contributed by atoms with E-state index >= 15 is 0 Å². The summed E-state index contributed by atoms with van der Waals surface area (Å²) in [6.07, 6.45) is 6.93. The smallest absolute Gasteiger partial charge is 0.257 e. The van der Waals surface area contributed by atoms with Crippen molar-refractivity contribution in [3.8, 4) is 5.75 Å². The van der Waals surface area contributed by atoms with Gasteiger partial charge in [0.15, 0.2) is 0 Å². The molecule has 0 bridgehead atoms. The van der Waals surface area contributed by atoms with Crippen molar-refractivity contribution >= 4 is 5.91 Å². The van der Waals surface area contributed by atoms with Crippen LogP contribution in [0.3, 0.4) is 0 Å². The quantitative estimate of drug-likeness (QED) is 0.637. The Bertz CT molecular complexity index is 923. The molecule has 3 aliphatic rings. The van der Waals surface area contributed by atoms with Crippen molar-refractivity contribution in [2.24, 2.45) is 5.92 Å². The van der Waals surface area contributed by atoms with Gasteiger partial charge in [-0.05, 0) is 80.8 Å². The van der Waals surface area contributed by atoms with E-state index in [9.17, 15) is 4.79 Å². The number of para-hydroxylation sites is 1. The van der Waals surface area contributed by atoms with Gasteiger partial charge in [0.25, 0.3) is 5.91 Å². The van der Waals surface area contributed by atoms with Crippen LogP contribution in [-0.4, -0.2) is 67.7 Å². The predicted molar refractivity (Wildman–Crippen MR) is 130 cm³/mol. The Hall–Kier alpha value is -2.37. The van der Waals surface area contributed by atoms with Crippen molar-refractivity contribution in [2.45, 2.75) is 50.7 Å². The minimum Gasteiger partial charge on any atom is -0.496 e. The van der Waals surface area contributed by atoms with Gasteiger partial charge in [-0.2, -0.15) is 0 Å². The number of likely N-dealkylation sites (tertiary alicyclic amines) is 1. The fraction of sp³-hybridized carbons (Fsp3) is 0.536. The van der Waals surface area contributed by atoms with Crippen molar-refractivity contribution in [1.82, 2.24) is 9.80 Å². The molecule has 5 rings (SSSR count). The molecule has 0 unspecified atom stereocenters. The van der Waals surface area contributed by atoms with Gasteiger partial charge in [-0.1, -0.05) is 36.4 Å². The Morgan fingerprint density at radius 3 is 2.36 bits per heavy atom. The molecule has 0 N–H and O–H groups in total. The first-order valence-corrected chi connectivity index (χ1v) is 12.6. The molecule has 5 heteroatoms. The minimum absolute atomic E-state index is 0.0663. The topological polar surface area (TPSA) is 42.0 Å². The predicted octanol–water partition coefficient (Wildman–Crippen LogP) is 4.20. The monoisotopic (exact) mass is 448 g/mol. The molecule has 2 saturated heterocycles. The number of piperidine rings is 1.